The number of rotatable bonds is 9. The maximum atomic E-state index is 10.1. The lowest BCUT2D eigenvalue weighted by Gasteiger charge is -2.24. The molecule has 2 unspecified atom stereocenters. The third-order valence-electron chi connectivity index (χ3n) is 3.17. The van der Waals surface area contributed by atoms with E-state index in [4.69, 9.17) is 9.47 Å². The highest BCUT2D eigenvalue weighted by molar-refractivity contribution is 5.29. The molecule has 0 bridgehead atoms. The monoisotopic (exact) mass is 283 g/mol. The van der Waals surface area contributed by atoms with Crippen LogP contribution in [0.25, 0.3) is 0 Å². The molecular formula is C15H25NO4. The Morgan fingerprint density at radius 2 is 2.10 bits per heavy atom. The Morgan fingerprint density at radius 1 is 1.35 bits per heavy atom. The molecule has 0 saturated carbocycles. The molecule has 0 heterocycles. The van der Waals surface area contributed by atoms with Crippen LogP contribution in [-0.4, -0.2) is 49.7 Å². The van der Waals surface area contributed by atoms with Gasteiger partial charge in [0.15, 0.2) is 0 Å². The van der Waals surface area contributed by atoms with Gasteiger partial charge in [0, 0.05) is 33.2 Å². The highest BCUT2D eigenvalue weighted by Crippen LogP contribution is 2.18. The number of hydrogen-bond donors (Lipinski definition) is 3. The summed E-state index contributed by atoms with van der Waals surface area (Å²) in [5.41, 5.74) is -0.0576. The van der Waals surface area contributed by atoms with E-state index in [0.29, 0.717) is 31.9 Å². The minimum atomic E-state index is -0.843. The van der Waals surface area contributed by atoms with Crippen molar-refractivity contribution in [2.75, 3.05) is 33.9 Å². The van der Waals surface area contributed by atoms with Gasteiger partial charge in [-0.05, 0) is 24.6 Å². The Morgan fingerprint density at radius 3 is 2.75 bits per heavy atom. The quantitative estimate of drug-likeness (QED) is 0.633. The third kappa shape index (κ3) is 5.88. The zero-order chi connectivity index (χ0) is 15.0. The van der Waals surface area contributed by atoms with Crippen LogP contribution in [0.5, 0.6) is 5.75 Å². The summed E-state index contributed by atoms with van der Waals surface area (Å²) in [7, 11) is 3.20. The Labute approximate surface area is 120 Å². The lowest BCUT2D eigenvalue weighted by Crippen LogP contribution is -2.40. The molecule has 0 fully saturated rings. The first kappa shape index (κ1) is 16.9. The molecular weight excluding hydrogens is 258 g/mol. The molecule has 5 heteroatoms. The van der Waals surface area contributed by atoms with E-state index in [1.165, 1.54) is 0 Å². The van der Waals surface area contributed by atoms with Gasteiger partial charge in [0.25, 0.3) is 0 Å². The van der Waals surface area contributed by atoms with Crippen LogP contribution in [0.3, 0.4) is 0 Å². The number of aliphatic hydroxyl groups is 2. The summed E-state index contributed by atoms with van der Waals surface area (Å²) >= 11 is 0. The standard InChI is InChI=1S/C15H25NO4/c1-15(18,7-8-19-2)11-16-10-14(17)12-5-4-6-13(9-12)20-3/h4-6,9,14,16-18H,7-8,10-11H2,1-3H3. The van der Waals surface area contributed by atoms with E-state index in [1.807, 2.05) is 18.2 Å². The molecule has 0 aliphatic rings. The predicted molar refractivity (Wildman–Crippen MR) is 77.9 cm³/mol. The maximum absolute atomic E-state index is 10.1. The van der Waals surface area contributed by atoms with Crippen molar-refractivity contribution >= 4 is 0 Å². The zero-order valence-corrected chi connectivity index (χ0v) is 12.4. The Hall–Kier alpha value is -1.14. The van der Waals surface area contributed by atoms with Crippen molar-refractivity contribution in [3.8, 4) is 5.75 Å². The first-order valence-electron chi connectivity index (χ1n) is 6.72. The van der Waals surface area contributed by atoms with E-state index in [0.717, 1.165) is 5.56 Å². The average molecular weight is 283 g/mol. The van der Waals surface area contributed by atoms with Crippen molar-refractivity contribution in [2.45, 2.75) is 25.0 Å². The van der Waals surface area contributed by atoms with E-state index in [1.54, 1.807) is 27.2 Å². The normalized spacial score (nSPS) is 15.7. The first-order chi connectivity index (χ1) is 9.48. The highest BCUT2D eigenvalue weighted by Gasteiger charge is 2.20. The fraction of sp³-hybridized carbons (Fsp3) is 0.600. The van der Waals surface area contributed by atoms with Crippen molar-refractivity contribution in [3.63, 3.8) is 0 Å². The largest absolute Gasteiger partial charge is 0.497 e. The van der Waals surface area contributed by atoms with Gasteiger partial charge in [-0.2, -0.15) is 0 Å². The summed E-state index contributed by atoms with van der Waals surface area (Å²) in [6.45, 7) is 3.03. The van der Waals surface area contributed by atoms with E-state index in [9.17, 15) is 10.2 Å². The molecule has 0 spiro atoms. The smallest absolute Gasteiger partial charge is 0.119 e. The van der Waals surface area contributed by atoms with Crippen molar-refractivity contribution in [2.24, 2.45) is 0 Å². The van der Waals surface area contributed by atoms with Crippen molar-refractivity contribution in [1.29, 1.82) is 0 Å². The van der Waals surface area contributed by atoms with E-state index in [2.05, 4.69) is 5.32 Å². The molecule has 0 aromatic heterocycles. The second-order valence-corrected chi connectivity index (χ2v) is 5.16. The molecule has 2 atom stereocenters. The summed E-state index contributed by atoms with van der Waals surface area (Å²) in [5, 5.41) is 23.2. The zero-order valence-electron chi connectivity index (χ0n) is 12.4. The number of benzene rings is 1. The van der Waals surface area contributed by atoms with Crippen molar-refractivity contribution < 1.29 is 19.7 Å². The summed E-state index contributed by atoms with van der Waals surface area (Å²) < 4.78 is 10.1. The molecule has 0 aliphatic carbocycles. The van der Waals surface area contributed by atoms with Crippen LogP contribution in [-0.2, 0) is 4.74 Å². The number of ether oxygens (including phenoxy) is 2. The average Bonchev–Trinajstić information content (AvgIpc) is 2.45. The second kappa shape index (κ2) is 8.21. The van der Waals surface area contributed by atoms with Crippen LogP contribution >= 0.6 is 0 Å². The van der Waals surface area contributed by atoms with Gasteiger partial charge in [0.1, 0.15) is 5.75 Å². The van der Waals surface area contributed by atoms with Gasteiger partial charge in [-0.1, -0.05) is 12.1 Å². The van der Waals surface area contributed by atoms with E-state index in [-0.39, 0.29) is 0 Å². The Balaban J connectivity index is 2.40. The molecule has 20 heavy (non-hydrogen) atoms. The summed E-state index contributed by atoms with van der Waals surface area (Å²) in [4.78, 5) is 0. The fourth-order valence-electron chi connectivity index (χ4n) is 1.86. The molecule has 1 rings (SSSR count). The topological polar surface area (TPSA) is 71.0 Å². The molecule has 0 amide bonds. The van der Waals surface area contributed by atoms with Gasteiger partial charge in [-0.3, -0.25) is 0 Å². The van der Waals surface area contributed by atoms with Gasteiger partial charge in [0.05, 0.1) is 18.8 Å². The molecule has 1 aromatic carbocycles. The highest BCUT2D eigenvalue weighted by atomic mass is 16.5. The van der Waals surface area contributed by atoms with Crippen molar-refractivity contribution in [1.82, 2.24) is 5.32 Å². The lowest BCUT2D eigenvalue weighted by molar-refractivity contribution is 0.0224. The molecule has 1 aromatic rings. The summed E-state index contributed by atoms with van der Waals surface area (Å²) in [6.07, 6.45) is -0.0884. The van der Waals surface area contributed by atoms with Gasteiger partial charge < -0.3 is 25.0 Å². The van der Waals surface area contributed by atoms with Crippen LogP contribution in [0.2, 0.25) is 0 Å². The third-order valence-corrected chi connectivity index (χ3v) is 3.17. The van der Waals surface area contributed by atoms with E-state index >= 15 is 0 Å². The van der Waals surface area contributed by atoms with Crippen LogP contribution < -0.4 is 10.1 Å². The number of nitrogens with one attached hydrogen (secondary N) is 1. The minimum absolute atomic E-state index is 0.371. The Bertz CT molecular complexity index is 395. The predicted octanol–water partition coefficient (Wildman–Crippen LogP) is 1.11. The second-order valence-electron chi connectivity index (χ2n) is 5.16. The van der Waals surface area contributed by atoms with Crippen LogP contribution in [0.1, 0.15) is 25.0 Å². The van der Waals surface area contributed by atoms with Gasteiger partial charge in [-0.15, -0.1) is 0 Å². The van der Waals surface area contributed by atoms with Crippen LogP contribution in [0.15, 0.2) is 24.3 Å². The summed E-state index contributed by atoms with van der Waals surface area (Å²) in [6, 6.07) is 7.32. The minimum Gasteiger partial charge on any atom is -0.497 e. The number of methoxy groups -OCH3 is 2. The molecule has 3 N–H and O–H groups in total. The molecule has 5 nitrogen and oxygen atoms in total. The van der Waals surface area contributed by atoms with Crippen molar-refractivity contribution in [3.05, 3.63) is 29.8 Å². The maximum Gasteiger partial charge on any atom is 0.119 e. The van der Waals surface area contributed by atoms with Gasteiger partial charge in [0.2, 0.25) is 0 Å². The SMILES string of the molecule is COCCC(C)(O)CNCC(O)c1cccc(OC)c1. The fourth-order valence-corrected chi connectivity index (χ4v) is 1.86. The molecule has 0 aliphatic heterocycles. The Kier molecular flexibility index (Phi) is 6.95. The molecule has 114 valence electrons. The lowest BCUT2D eigenvalue weighted by atomic mass is 10.0. The van der Waals surface area contributed by atoms with Gasteiger partial charge >= 0.3 is 0 Å². The van der Waals surface area contributed by atoms with Crippen LogP contribution in [0, 0.1) is 0 Å². The van der Waals surface area contributed by atoms with E-state index < -0.39 is 11.7 Å². The molecule has 0 saturated heterocycles. The number of aliphatic hydroxyl groups excluding tert-OH is 1. The summed E-state index contributed by atoms with van der Waals surface area (Å²) in [5.74, 6) is 0.716. The van der Waals surface area contributed by atoms with Gasteiger partial charge in [-0.25, -0.2) is 0 Å². The molecule has 0 radical (unpaired) electrons. The number of hydrogen-bond acceptors (Lipinski definition) is 5. The van der Waals surface area contributed by atoms with Crippen LogP contribution in [0.4, 0.5) is 0 Å². The first-order valence-corrected chi connectivity index (χ1v) is 6.72.